The lowest BCUT2D eigenvalue weighted by atomic mass is 10.2. The standard InChI is InChI=1S/C15H14ClN3O3/c16-12-3-1-10(2-4-12)8-18-15(22)19-9-13-7-11(14(20)21)5-6-17-13/h1-7H,8-9H2,(H,20,21)(H2,18,19,22). The summed E-state index contributed by atoms with van der Waals surface area (Å²) < 4.78 is 0. The highest BCUT2D eigenvalue weighted by Gasteiger charge is 2.06. The zero-order chi connectivity index (χ0) is 15.9. The quantitative estimate of drug-likeness (QED) is 0.789. The molecule has 0 aliphatic carbocycles. The molecule has 6 nitrogen and oxygen atoms in total. The molecule has 0 saturated carbocycles. The van der Waals surface area contributed by atoms with Gasteiger partial charge in [0, 0.05) is 17.8 Å². The number of carboxylic acids is 1. The summed E-state index contributed by atoms with van der Waals surface area (Å²) in [6.45, 7) is 0.513. The van der Waals surface area contributed by atoms with Crippen LogP contribution in [0.5, 0.6) is 0 Å². The molecule has 0 saturated heterocycles. The summed E-state index contributed by atoms with van der Waals surface area (Å²) in [6, 6.07) is 9.59. The molecule has 3 N–H and O–H groups in total. The summed E-state index contributed by atoms with van der Waals surface area (Å²) in [7, 11) is 0. The molecular weight excluding hydrogens is 306 g/mol. The van der Waals surface area contributed by atoms with Crippen molar-refractivity contribution in [3.05, 3.63) is 64.4 Å². The molecule has 1 aromatic heterocycles. The molecule has 114 valence electrons. The second-order valence-electron chi connectivity index (χ2n) is 4.50. The van der Waals surface area contributed by atoms with Crippen LogP contribution in [0.15, 0.2) is 42.6 Å². The Morgan fingerprint density at radius 2 is 1.77 bits per heavy atom. The van der Waals surface area contributed by atoms with Crippen molar-refractivity contribution < 1.29 is 14.7 Å². The highest BCUT2D eigenvalue weighted by atomic mass is 35.5. The van der Waals surface area contributed by atoms with Gasteiger partial charge in [0.05, 0.1) is 17.8 Å². The SMILES string of the molecule is O=C(NCc1ccc(Cl)cc1)NCc1cc(C(=O)O)ccn1. The molecule has 1 aromatic carbocycles. The van der Waals surface area contributed by atoms with Gasteiger partial charge in [-0.25, -0.2) is 9.59 Å². The Morgan fingerprint density at radius 1 is 1.09 bits per heavy atom. The van der Waals surface area contributed by atoms with Crippen LogP contribution in [0.1, 0.15) is 21.6 Å². The minimum atomic E-state index is -1.03. The number of carbonyl (C=O) groups is 2. The number of aromatic nitrogens is 1. The second kappa shape index (κ2) is 7.42. The van der Waals surface area contributed by atoms with Gasteiger partial charge < -0.3 is 15.7 Å². The Labute approximate surface area is 132 Å². The van der Waals surface area contributed by atoms with Crippen LogP contribution in [0.4, 0.5) is 4.79 Å². The normalized spacial score (nSPS) is 10.0. The van der Waals surface area contributed by atoms with Crippen LogP contribution in [0.25, 0.3) is 0 Å². The number of aromatic carboxylic acids is 1. The van der Waals surface area contributed by atoms with Gasteiger partial charge in [-0.2, -0.15) is 0 Å². The van der Waals surface area contributed by atoms with E-state index in [-0.39, 0.29) is 18.1 Å². The molecule has 0 aliphatic rings. The molecule has 1 heterocycles. The van der Waals surface area contributed by atoms with Crippen LogP contribution in [0.2, 0.25) is 5.02 Å². The van der Waals surface area contributed by atoms with E-state index in [9.17, 15) is 9.59 Å². The van der Waals surface area contributed by atoms with Crippen molar-refractivity contribution in [2.75, 3.05) is 0 Å². The van der Waals surface area contributed by atoms with Crippen molar-refractivity contribution in [2.24, 2.45) is 0 Å². The lowest BCUT2D eigenvalue weighted by molar-refractivity contribution is 0.0696. The summed E-state index contributed by atoms with van der Waals surface area (Å²) in [5.74, 6) is -1.03. The highest BCUT2D eigenvalue weighted by Crippen LogP contribution is 2.09. The number of hydrogen-bond donors (Lipinski definition) is 3. The van der Waals surface area contributed by atoms with Gasteiger partial charge in [-0.15, -0.1) is 0 Å². The molecule has 22 heavy (non-hydrogen) atoms. The molecule has 0 radical (unpaired) electrons. The van der Waals surface area contributed by atoms with Gasteiger partial charge in [-0.1, -0.05) is 23.7 Å². The molecule has 2 rings (SSSR count). The Balaban J connectivity index is 1.81. The third-order valence-electron chi connectivity index (χ3n) is 2.86. The number of halogens is 1. The van der Waals surface area contributed by atoms with Crippen LogP contribution >= 0.6 is 11.6 Å². The van der Waals surface area contributed by atoms with E-state index >= 15 is 0 Å². The van der Waals surface area contributed by atoms with Gasteiger partial charge in [0.25, 0.3) is 0 Å². The fourth-order valence-electron chi connectivity index (χ4n) is 1.73. The van der Waals surface area contributed by atoms with E-state index in [0.717, 1.165) is 5.56 Å². The number of amides is 2. The molecular formula is C15H14ClN3O3. The number of nitrogens with one attached hydrogen (secondary N) is 2. The molecule has 0 atom stereocenters. The van der Waals surface area contributed by atoms with E-state index in [4.69, 9.17) is 16.7 Å². The Hall–Kier alpha value is -2.60. The molecule has 0 aliphatic heterocycles. The van der Waals surface area contributed by atoms with E-state index in [0.29, 0.717) is 17.3 Å². The van der Waals surface area contributed by atoms with Crippen LogP contribution < -0.4 is 10.6 Å². The Kier molecular flexibility index (Phi) is 5.32. The predicted octanol–water partition coefficient (Wildman–Crippen LogP) is 2.43. The number of hydrogen-bond acceptors (Lipinski definition) is 3. The molecule has 0 fully saturated rings. The molecule has 7 heteroatoms. The minimum Gasteiger partial charge on any atom is -0.478 e. The monoisotopic (exact) mass is 319 g/mol. The zero-order valence-electron chi connectivity index (χ0n) is 11.5. The molecule has 2 amide bonds. The summed E-state index contributed by atoms with van der Waals surface area (Å²) >= 11 is 5.78. The highest BCUT2D eigenvalue weighted by molar-refractivity contribution is 6.30. The number of pyridine rings is 1. The predicted molar refractivity (Wildman–Crippen MR) is 81.7 cm³/mol. The van der Waals surface area contributed by atoms with Gasteiger partial charge in [0.2, 0.25) is 0 Å². The van der Waals surface area contributed by atoms with Crippen molar-refractivity contribution >= 4 is 23.6 Å². The van der Waals surface area contributed by atoms with Crippen molar-refractivity contribution in [1.29, 1.82) is 0 Å². The molecule has 0 spiro atoms. The average molecular weight is 320 g/mol. The maximum atomic E-state index is 11.7. The van der Waals surface area contributed by atoms with E-state index in [1.807, 2.05) is 12.1 Å². The van der Waals surface area contributed by atoms with E-state index in [1.54, 1.807) is 12.1 Å². The number of carboxylic acid groups (broad SMARTS) is 1. The topological polar surface area (TPSA) is 91.3 Å². The Morgan fingerprint density at radius 3 is 2.45 bits per heavy atom. The summed E-state index contributed by atoms with van der Waals surface area (Å²) in [6.07, 6.45) is 1.39. The number of nitrogens with zero attached hydrogens (tertiary/aromatic N) is 1. The fraction of sp³-hybridized carbons (Fsp3) is 0.133. The number of rotatable bonds is 5. The van der Waals surface area contributed by atoms with Gasteiger partial charge in [0.1, 0.15) is 0 Å². The summed E-state index contributed by atoms with van der Waals surface area (Å²) in [5.41, 5.74) is 1.53. The largest absolute Gasteiger partial charge is 0.478 e. The van der Waals surface area contributed by atoms with Crippen molar-refractivity contribution in [2.45, 2.75) is 13.1 Å². The van der Waals surface area contributed by atoms with Crippen molar-refractivity contribution in [3.63, 3.8) is 0 Å². The first kappa shape index (κ1) is 15.8. The van der Waals surface area contributed by atoms with Gasteiger partial charge >= 0.3 is 12.0 Å². The summed E-state index contributed by atoms with van der Waals surface area (Å²) in [5, 5.41) is 14.8. The van der Waals surface area contributed by atoms with Crippen molar-refractivity contribution in [3.8, 4) is 0 Å². The van der Waals surface area contributed by atoms with Crippen LogP contribution in [-0.2, 0) is 13.1 Å². The van der Waals surface area contributed by atoms with E-state index in [1.165, 1.54) is 18.3 Å². The first-order valence-electron chi connectivity index (χ1n) is 6.49. The second-order valence-corrected chi connectivity index (χ2v) is 4.94. The summed E-state index contributed by atoms with van der Waals surface area (Å²) in [4.78, 5) is 26.5. The third-order valence-corrected chi connectivity index (χ3v) is 3.11. The zero-order valence-corrected chi connectivity index (χ0v) is 12.3. The van der Waals surface area contributed by atoms with Gasteiger partial charge in [0.15, 0.2) is 0 Å². The molecule has 0 bridgehead atoms. The molecule has 2 aromatic rings. The lowest BCUT2D eigenvalue weighted by Crippen LogP contribution is -2.34. The first-order valence-corrected chi connectivity index (χ1v) is 6.87. The van der Waals surface area contributed by atoms with E-state index < -0.39 is 5.97 Å². The van der Waals surface area contributed by atoms with Crippen LogP contribution in [-0.4, -0.2) is 22.1 Å². The van der Waals surface area contributed by atoms with Crippen molar-refractivity contribution in [1.82, 2.24) is 15.6 Å². The smallest absolute Gasteiger partial charge is 0.335 e. The number of benzene rings is 1. The lowest BCUT2D eigenvalue weighted by Gasteiger charge is -2.08. The van der Waals surface area contributed by atoms with Crippen LogP contribution in [0, 0.1) is 0 Å². The number of carbonyl (C=O) groups excluding carboxylic acids is 1. The average Bonchev–Trinajstić information content (AvgIpc) is 2.52. The maximum absolute atomic E-state index is 11.7. The first-order chi connectivity index (χ1) is 10.5. The maximum Gasteiger partial charge on any atom is 0.335 e. The van der Waals surface area contributed by atoms with E-state index in [2.05, 4.69) is 15.6 Å². The van der Waals surface area contributed by atoms with Gasteiger partial charge in [-0.05, 0) is 29.8 Å². The fourth-order valence-corrected chi connectivity index (χ4v) is 1.85. The van der Waals surface area contributed by atoms with Gasteiger partial charge in [-0.3, -0.25) is 4.98 Å². The minimum absolute atomic E-state index is 0.133. The third kappa shape index (κ3) is 4.75. The molecule has 0 unspecified atom stereocenters. The number of urea groups is 1. The van der Waals surface area contributed by atoms with Crippen LogP contribution in [0.3, 0.4) is 0 Å². The Bertz CT molecular complexity index is 674.